The van der Waals surface area contributed by atoms with Crippen LogP contribution in [-0.2, 0) is 9.47 Å². The third-order valence-corrected chi connectivity index (χ3v) is 2.80. The molecule has 1 fully saturated rings. The first-order chi connectivity index (χ1) is 5.96. The minimum absolute atomic E-state index is 0.306. The highest BCUT2D eigenvalue weighted by molar-refractivity contribution is 4.79. The number of hydrogen-bond donors (Lipinski definition) is 0. The van der Waals surface area contributed by atoms with Gasteiger partial charge in [-0.1, -0.05) is 20.3 Å². The fourth-order valence-corrected chi connectivity index (χ4v) is 1.96. The SMILES string of the molecule is CCC[C@H]1OC(C)(C)O[C@H](C)[C@H]1C. The molecule has 1 aliphatic heterocycles. The van der Waals surface area contributed by atoms with Crippen molar-refractivity contribution in [1.82, 2.24) is 0 Å². The van der Waals surface area contributed by atoms with Gasteiger partial charge in [-0.05, 0) is 27.2 Å². The quantitative estimate of drug-likeness (QED) is 0.660. The Bertz CT molecular complexity index is 165. The lowest BCUT2D eigenvalue weighted by atomic mass is 9.93. The Morgan fingerprint density at radius 2 is 1.77 bits per heavy atom. The van der Waals surface area contributed by atoms with Crippen LogP contribution >= 0.6 is 0 Å². The topological polar surface area (TPSA) is 18.5 Å². The van der Waals surface area contributed by atoms with Crippen LogP contribution in [0.15, 0.2) is 0 Å². The minimum Gasteiger partial charge on any atom is -0.347 e. The summed E-state index contributed by atoms with van der Waals surface area (Å²) in [6.45, 7) is 10.5. The molecule has 1 rings (SSSR count). The predicted molar refractivity (Wildman–Crippen MR) is 53.6 cm³/mol. The second-order valence-electron chi connectivity index (χ2n) is 4.53. The number of ether oxygens (including phenoxy) is 2. The molecule has 2 nitrogen and oxygen atoms in total. The lowest BCUT2D eigenvalue weighted by Gasteiger charge is -2.43. The van der Waals surface area contributed by atoms with Crippen LogP contribution in [0.3, 0.4) is 0 Å². The van der Waals surface area contributed by atoms with Gasteiger partial charge in [-0.3, -0.25) is 0 Å². The summed E-state index contributed by atoms with van der Waals surface area (Å²) >= 11 is 0. The van der Waals surface area contributed by atoms with Crippen LogP contribution in [0.2, 0.25) is 0 Å². The third-order valence-electron chi connectivity index (χ3n) is 2.80. The highest BCUT2D eigenvalue weighted by Crippen LogP contribution is 2.32. The molecular weight excluding hydrogens is 164 g/mol. The Kier molecular flexibility index (Phi) is 3.36. The van der Waals surface area contributed by atoms with E-state index < -0.39 is 5.79 Å². The van der Waals surface area contributed by atoms with Crippen molar-refractivity contribution in [3.8, 4) is 0 Å². The van der Waals surface area contributed by atoms with Crippen LogP contribution in [0.5, 0.6) is 0 Å². The van der Waals surface area contributed by atoms with Gasteiger partial charge in [-0.25, -0.2) is 0 Å². The summed E-state index contributed by atoms with van der Waals surface area (Å²) in [5, 5.41) is 0. The summed E-state index contributed by atoms with van der Waals surface area (Å²) in [7, 11) is 0. The molecule has 0 aromatic rings. The summed E-state index contributed by atoms with van der Waals surface area (Å²) < 4.78 is 11.6. The molecule has 1 heterocycles. The Labute approximate surface area is 81.6 Å². The van der Waals surface area contributed by atoms with E-state index in [2.05, 4.69) is 20.8 Å². The van der Waals surface area contributed by atoms with Crippen molar-refractivity contribution in [2.45, 2.75) is 65.5 Å². The second-order valence-corrected chi connectivity index (χ2v) is 4.53. The maximum Gasteiger partial charge on any atom is 0.163 e. The van der Waals surface area contributed by atoms with E-state index in [0.717, 1.165) is 6.42 Å². The molecule has 1 saturated heterocycles. The lowest BCUT2D eigenvalue weighted by molar-refractivity contribution is -0.315. The standard InChI is InChI=1S/C11H22O2/c1-6-7-10-8(2)9(3)12-11(4,5)13-10/h8-10H,6-7H2,1-5H3/t8-,9-,10-/m1/s1. The summed E-state index contributed by atoms with van der Waals surface area (Å²) in [6.07, 6.45) is 2.99. The average molecular weight is 186 g/mol. The first kappa shape index (κ1) is 11.0. The fourth-order valence-electron chi connectivity index (χ4n) is 1.96. The van der Waals surface area contributed by atoms with Crippen LogP contribution in [0, 0.1) is 5.92 Å². The molecule has 1 aliphatic rings. The highest BCUT2D eigenvalue weighted by atomic mass is 16.7. The second kappa shape index (κ2) is 3.97. The van der Waals surface area contributed by atoms with Crippen molar-refractivity contribution in [3.63, 3.8) is 0 Å². The highest BCUT2D eigenvalue weighted by Gasteiger charge is 2.37. The van der Waals surface area contributed by atoms with Crippen molar-refractivity contribution < 1.29 is 9.47 Å². The minimum atomic E-state index is -0.397. The smallest absolute Gasteiger partial charge is 0.163 e. The van der Waals surface area contributed by atoms with Gasteiger partial charge in [0, 0.05) is 5.92 Å². The van der Waals surface area contributed by atoms with E-state index in [0.29, 0.717) is 18.1 Å². The molecule has 0 N–H and O–H groups in total. The molecule has 78 valence electrons. The number of hydrogen-bond acceptors (Lipinski definition) is 2. The molecule has 13 heavy (non-hydrogen) atoms. The van der Waals surface area contributed by atoms with Crippen LogP contribution < -0.4 is 0 Å². The number of rotatable bonds is 2. The van der Waals surface area contributed by atoms with Gasteiger partial charge in [0.2, 0.25) is 0 Å². The molecule has 0 spiro atoms. The molecular formula is C11H22O2. The van der Waals surface area contributed by atoms with Gasteiger partial charge >= 0.3 is 0 Å². The van der Waals surface area contributed by atoms with E-state index in [1.807, 2.05) is 13.8 Å². The van der Waals surface area contributed by atoms with Crippen molar-refractivity contribution in [2.24, 2.45) is 5.92 Å². The Morgan fingerprint density at radius 3 is 2.31 bits per heavy atom. The summed E-state index contributed by atoms with van der Waals surface area (Å²) in [5.41, 5.74) is 0. The molecule has 0 saturated carbocycles. The normalized spacial score (nSPS) is 39.0. The maximum absolute atomic E-state index is 5.87. The largest absolute Gasteiger partial charge is 0.347 e. The van der Waals surface area contributed by atoms with Crippen molar-refractivity contribution >= 4 is 0 Å². The van der Waals surface area contributed by atoms with Crippen molar-refractivity contribution in [2.75, 3.05) is 0 Å². The van der Waals surface area contributed by atoms with Gasteiger partial charge in [0.25, 0.3) is 0 Å². The van der Waals surface area contributed by atoms with Gasteiger partial charge in [0.15, 0.2) is 5.79 Å². The molecule has 0 aromatic heterocycles. The van der Waals surface area contributed by atoms with Gasteiger partial charge in [0.1, 0.15) is 0 Å². The molecule has 0 aliphatic carbocycles. The molecule has 2 heteroatoms. The van der Waals surface area contributed by atoms with Crippen LogP contribution in [0.25, 0.3) is 0 Å². The Hall–Kier alpha value is -0.0800. The zero-order valence-electron chi connectivity index (χ0n) is 9.46. The molecule has 0 bridgehead atoms. The summed E-state index contributed by atoms with van der Waals surface area (Å²) in [6, 6.07) is 0. The van der Waals surface area contributed by atoms with Gasteiger partial charge in [0.05, 0.1) is 12.2 Å². The van der Waals surface area contributed by atoms with E-state index in [9.17, 15) is 0 Å². The van der Waals surface area contributed by atoms with E-state index in [1.165, 1.54) is 6.42 Å². The van der Waals surface area contributed by atoms with Gasteiger partial charge in [-0.15, -0.1) is 0 Å². The van der Waals surface area contributed by atoms with Crippen molar-refractivity contribution in [3.05, 3.63) is 0 Å². The van der Waals surface area contributed by atoms with Crippen molar-refractivity contribution in [1.29, 1.82) is 0 Å². The third kappa shape index (κ3) is 2.68. The van der Waals surface area contributed by atoms with E-state index in [-0.39, 0.29) is 0 Å². The van der Waals surface area contributed by atoms with Gasteiger partial charge in [-0.2, -0.15) is 0 Å². The zero-order valence-corrected chi connectivity index (χ0v) is 9.46. The molecule has 0 radical (unpaired) electrons. The van der Waals surface area contributed by atoms with Gasteiger partial charge < -0.3 is 9.47 Å². The van der Waals surface area contributed by atoms with E-state index in [1.54, 1.807) is 0 Å². The summed E-state index contributed by atoms with van der Waals surface area (Å²) in [4.78, 5) is 0. The summed E-state index contributed by atoms with van der Waals surface area (Å²) in [5.74, 6) is 0.110. The predicted octanol–water partition coefficient (Wildman–Crippen LogP) is 2.96. The van der Waals surface area contributed by atoms with E-state index >= 15 is 0 Å². The van der Waals surface area contributed by atoms with Crippen LogP contribution in [-0.4, -0.2) is 18.0 Å². The van der Waals surface area contributed by atoms with E-state index in [4.69, 9.17) is 9.47 Å². The molecule has 3 atom stereocenters. The average Bonchev–Trinajstić information content (AvgIpc) is 1.99. The Morgan fingerprint density at radius 1 is 1.15 bits per heavy atom. The lowest BCUT2D eigenvalue weighted by Crippen LogP contribution is -2.48. The zero-order chi connectivity index (χ0) is 10.1. The first-order valence-electron chi connectivity index (χ1n) is 5.32. The molecule has 0 unspecified atom stereocenters. The van der Waals surface area contributed by atoms with Crippen LogP contribution in [0.4, 0.5) is 0 Å². The monoisotopic (exact) mass is 186 g/mol. The van der Waals surface area contributed by atoms with Crippen LogP contribution in [0.1, 0.15) is 47.5 Å². The Balaban J connectivity index is 2.61. The molecule has 0 amide bonds. The fraction of sp³-hybridized carbons (Fsp3) is 1.00. The maximum atomic E-state index is 5.87. The molecule has 0 aromatic carbocycles. The first-order valence-corrected chi connectivity index (χ1v) is 5.32.